The molecular weight excluding hydrogens is 352 g/mol. The Balaban J connectivity index is 1.70. The van der Waals surface area contributed by atoms with Gasteiger partial charge in [0.2, 0.25) is 0 Å². The van der Waals surface area contributed by atoms with E-state index in [0.717, 1.165) is 39.0 Å². The summed E-state index contributed by atoms with van der Waals surface area (Å²) in [7, 11) is 3.71. The van der Waals surface area contributed by atoms with E-state index in [9.17, 15) is 0 Å². The van der Waals surface area contributed by atoms with Gasteiger partial charge in [0.15, 0.2) is 11.3 Å². The molecule has 0 N–H and O–H groups in total. The monoisotopic (exact) mass is 370 g/mol. The maximum atomic E-state index is 6.03. The molecule has 5 aromatic rings. The number of fused-ring (bicyclic) bond motifs is 3. The van der Waals surface area contributed by atoms with E-state index >= 15 is 0 Å². The Hall–Kier alpha value is -3.73. The Kier molecular flexibility index (Phi) is 3.79. The van der Waals surface area contributed by atoms with Crippen LogP contribution in [0.1, 0.15) is 0 Å². The summed E-state index contributed by atoms with van der Waals surface area (Å²) in [5.74, 6) is 1.93. The Bertz CT molecular complexity index is 1250. The van der Waals surface area contributed by atoms with Crippen LogP contribution in [0.4, 0.5) is 11.4 Å². The van der Waals surface area contributed by atoms with Gasteiger partial charge in [0.05, 0.1) is 19.1 Å². The average Bonchev–Trinajstić information content (AvgIpc) is 3.42. The molecule has 28 heavy (non-hydrogen) atoms. The third-order valence-electron chi connectivity index (χ3n) is 4.93. The largest absolute Gasteiger partial charge is 0.497 e. The summed E-state index contributed by atoms with van der Waals surface area (Å²) in [6.45, 7) is 0. The molecule has 0 saturated carbocycles. The fourth-order valence-electron chi connectivity index (χ4n) is 3.47. The predicted octanol–water partition coefficient (Wildman–Crippen LogP) is 6.02. The van der Waals surface area contributed by atoms with Gasteiger partial charge in [-0.15, -0.1) is 0 Å². The number of benzene rings is 3. The number of furan rings is 1. The molecule has 0 spiro atoms. The van der Waals surface area contributed by atoms with Crippen LogP contribution >= 0.6 is 0 Å². The van der Waals surface area contributed by atoms with Gasteiger partial charge in [0.25, 0.3) is 5.89 Å². The summed E-state index contributed by atoms with van der Waals surface area (Å²) in [4.78, 5) is 6.82. The van der Waals surface area contributed by atoms with Crippen molar-refractivity contribution in [2.75, 3.05) is 19.1 Å². The number of nitrogens with zero attached hydrogens (tertiary/aromatic N) is 2. The van der Waals surface area contributed by atoms with Gasteiger partial charge in [-0.05, 0) is 36.4 Å². The third kappa shape index (κ3) is 2.60. The van der Waals surface area contributed by atoms with E-state index in [4.69, 9.17) is 13.6 Å². The van der Waals surface area contributed by atoms with Crippen molar-refractivity contribution in [1.82, 2.24) is 4.98 Å². The van der Waals surface area contributed by atoms with Gasteiger partial charge in [0, 0.05) is 29.6 Å². The van der Waals surface area contributed by atoms with Crippen LogP contribution in [0.3, 0.4) is 0 Å². The van der Waals surface area contributed by atoms with Gasteiger partial charge < -0.3 is 18.5 Å². The fraction of sp³-hybridized carbons (Fsp3) is 0.0870. The van der Waals surface area contributed by atoms with E-state index in [-0.39, 0.29) is 0 Å². The molecule has 138 valence electrons. The Labute approximate surface area is 161 Å². The second-order valence-electron chi connectivity index (χ2n) is 6.54. The highest BCUT2D eigenvalue weighted by Gasteiger charge is 2.17. The smallest absolute Gasteiger partial charge is 0.263 e. The van der Waals surface area contributed by atoms with Crippen LogP contribution in [0.25, 0.3) is 33.5 Å². The van der Waals surface area contributed by atoms with Crippen LogP contribution in [0.15, 0.2) is 81.8 Å². The lowest BCUT2D eigenvalue weighted by Gasteiger charge is -2.21. The Morgan fingerprint density at radius 1 is 0.929 bits per heavy atom. The minimum Gasteiger partial charge on any atom is -0.497 e. The molecule has 5 nitrogen and oxygen atoms in total. The lowest BCUT2D eigenvalue weighted by molar-refractivity contribution is 0.415. The lowest BCUT2D eigenvalue weighted by atomic mass is 10.1. The third-order valence-corrected chi connectivity index (χ3v) is 4.93. The summed E-state index contributed by atoms with van der Waals surface area (Å²) < 4.78 is 16.8. The number of anilines is 2. The topological polar surface area (TPSA) is 51.6 Å². The van der Waals surface area contributed by atoms with Gasteiger partial charge in [-0.25, -0.2) is 4.98 Å². The molecule has 5 heteroatoms. The van der Waals surface area contributed by atoms with Crippen molar-refractivity contribution in [3.05, 3.63) is 73.0 Å². The van der Waals surface area contributed by atoms with Crippen molar-refractivity contribution >= 4 is 33.2 Å². The Morgan fingerprint density at radius 2 is 1.71 bits per heavy atom. The number of aromatic nitrogens is 1. The molecule has 0 aliphatic rings. The van der Waals surface area contributed by atoms with E-state index < -0.39 is 0 Å². The molecule has 2 aromatic heterocycles. The van der Waals surface area contributed by atoms with Gasteiger partial charge in [0.1, 0.15) is 11.3 Å². The molecule has 0 aliphatic heterocycles. The number of hydrogen-bond acceptors (Lipinski definition) is 5. The zero-order chi connectivity index (χ0) is 19.1. The number of methoxy groups -OCH3 is 1. The molecule has 0 saturated heterocycles. The summed E-state index contributed by atoms with van der Waals surface area (Å²) in [5.41, 5.74) is 3.64. The molecule has 0 amide bonds. The second-order valence-corrected chi connectivity index (χ2v) is 6.54. The summed E-state index contributed by atoms with van der Waals surface area (Å²) in [6.07, 6.45) is 1.62. The van der Waals surface area contributed by atoms with E-state index in [1.54, 1.807) is 13.4 Å². The van der Waals surface area contributed by atoms with Crippen LogP contribution in [0.5, 0.6) is 5.75 Å². The van der Waals surface area contributed by atoms with Gasteiger partial charge in [-0.2, -0.15) is 0 Å². The van der Waals surface area contributed by atoms with Gasteiger partial charge in [-0.1, -0.05) is 24.3 Å². The minimum absolute atomic E-state index is 0.481. The molecule has 0 atom stereocenters. The van der Waals surface area contributed by atoms with Crippen LogP contribution in [-0.2, 0) is 0 Å². The first-order chi connectivity index (χ1) is 13.7. The van der Waals surface area contributed by atoms with E-state index in [1.165, 1.54) is 0 Å². The van der Waals surface area contributed by atoms with Crippen LogP contribution in [0, 0.1) is 0 Å². The number of oxazole rings is 1. The molecule has 3 aromatic carbocycles. The standard InChI is InChI=1S/C23H18N2O3/c1-25(15-9-11-16(26-2)12-10-15)19-14-21-22(18-7-4-3-6-17(18)19)24-23(28-21)20-8-5-13-27-20/h3-14H,1-2H3. The average molecular weight is 370 g/mol. The highest BCUT2D eigenvalue weighted by atomic mass is 16.5. The molecule has 0 fully saturated rings. The normalized spacial score (nSPS) is 11.2. The summed E-state index contributed by atoms with van der Waals surface area (Å²) >= 11 is 0. The van der Waals surface area contributed by atoms with Crippen molar-refractivity contribution in [1.29, 1.82) is 0 Å². The fourth-order valence-corrected chi connectivity index (χ4v) is 3.47. The molecule has 0 bridgehead atoms. The van der Waals surface area contributed by atoms with E-state index in [0.29, 0.717) is 11.7 Å². The molecule has 0 radical (unpaired) electrons. The quantitative estimate of drug-likeness (QED) is 0.387. The van der Waals surface area contributed by atoms with Crippen molar-refractivity contribution in [2.45, 2.75) is 0 Å². The van der Waals surface area contributed by atoms with E-state index in [1.807, 2.05) is 61.6 Å². The van der Waals surface area contributed by atoms with Crippen molar-refractivity contribution in [2.24, 2.45) is 0 Å². The van der Waals surface area contributed by atoms with Crippen molar-refractivity contribution in [3.63, 3.8) is 0 Å². The second kappa shape index (κ2) is 6.46. The highest BCUT2D eigenvalue weighted by Crippen LogP contribution is 2.38. The van der Waals surface area contributed by atoms with Crippen molar-refractivity contribution < 1.29 is 13.6 Å². The van der Waals surface area contributed by atoms with E-state index in [2.05, 4.69) is 22.0 Å². The maximum absolute atomic E-state index is 6.03. The van der Waals surface area contributed by atoms with Gasteiger partial charge >= 0.3 is 0 Å². The predicted molar refractivity (Wildman–Crippen MR) is 110 cm³/mol. The number of rotatable bonds is 4. The number of ether oxygens (including phenoxy) is 1. The minimum atomic E-state index is 0.481. The maximum Gasteiger partial charge on any atom is 0.263 e. The van der Waals surface area contributed by atoms with Crippen LogP contribution in [-0.4, -0.2) is 19.1 Å². The van der Waals surface area contributed by atoms with Crippen LogP contribution in [0.2, 0.25) is 0 Å². The molecule has 5 rings (SSSR count). The first-order valence-electron chi connectivity index (χ1n) is 8.98. The summed E-state index contributed by atoms with van der Waals surface area (Å²) in [5, 5.41) is 2.14. The Morgan fingerprint density at radius 3 is 2.43 bits per heavy atom. The summed E-state index contributed by atoms with van der Waals surface area (Å²) in [6, 6.07) is 21.9. The van der Waals surface area contributed by atoms with Crippen LogP contribution < -0.4 is 9.64 Å². The molecule has 0 aliphatic carbocycles. The number of hydrogen-bond donors (Lipinski definition) is 0. The zero-order valence-corrected chi connectivity index (χ0v) is 15.5. The lowest BCUT2D eigenvalue weighted by Crippen LogP contribution is -2.09. The molecular formula is C23H18N2O3. The molecule has 2 heterocycles. The van der Waals surface area contributed by atoms with Gasteiger partial charge in [-0.3, -0.25) is 0 Å². The van der Waals surface area contributed by atoms with Crippen molar-refractivity contribution in [3.8, 4) is 17.4 Å². The zero-order valence-electron chi connectivity index (χ0n) is 15.5. The SMILES string of the molecule is COc1ccc(N(C)c2cc3oc(-c4ccco4)nc3c3ccccc23)cc1. The first-order valence-corrected chi connectivity index (χ1v) is 8.98. The highest BCUT2D eigenvalue weighted by molar-refractivity contribution is 6.11. The molecule has 0 unspecified atom stereocenters. The first kappa shape index (κ1) is 16.4.